The van der Waals surface area contributed by atoms with Crippen LogP contribution in [0.25, 0.3) is 0 Å². The lowest BCUT2D eigenvalue weighted by Crippen LogP contribution is -2.48. The van der Waals surface area contributed by atoms with E-state index in [1.54, 1.807) is 7.11 Å². The molecule has 1 aliphatic heterocycles. The van der Waals surface area contributed by atoms with Crippen LogP contribution in [0.3, 0.4) is 0 Å². The largest absolute Gasteiger partial charge is 0.493 e. The van der Waals surface area contributed by atoms with E-state index in [1.165, 1.54) is 0 Å². The van der Waals surface area contributed by atoms with E-state index in [0.29, 0.717) is 22.6 Å². The predicted molar refractivity (Wildman–Crippen MR) is 85.4 cm³/mol. The summed E-state index contributed by atoms with van der Waals surface area (Å²) in [6.45, 7) is 5.68. The highest BCUT2D eigenvalue weighted by atomic mass is 35.5. The third kappa shape index (κ3) is 4.50. The normalized spacial score (nSPS) is 19.0. The van der Waals surface area contributed by atoms with Crippen molar-refractivity contribution in [2.75, 3.05) is 33.4 Å². The van der Waals surface area contributed by atoms with Gasteiger partial charge in [0, 0.05) is 32.2 Å². The highest BCUT2D eigenvalue weighted by Gasteiger charge is 2.18. The molecular weight excluding hydrogens is 306 g/mol. The summed E-state index contributed by atoms with van der Waals surface area (Å²) in [6.07, 6.45) is 0. The van der Waals surface area contributed by atoms with Gasteiger partial charge in [-0.15, -0.1) is 0 Å². The van der Waals surface area contributed by atoms with E-state index in [4.69, 9.17) is 26.8 Å². The van der Waals surface area contributed by atoms with Crippen molar-refractivity contribution in [3.63, 3.8) is 0 Å². The van der Waals surface area contributed by atoms with Crippen molar-refractivity contribution in [2.45, 2.75) is 19.5 Å². The van der Waals surface area contributed by atoms with Gasteiger partial charge < -0.3 is 20.5 Å². The molecule has 6 nitrogen and oxygen atoms in total. The van der Waals surface area contributed by atoms with E-state index in [-0.39, 0.29) is 6.61 Å². The second-order valence-corrected chi connectivity index (χ2v) is 5.86. The molecule has 1 fully saturated rings. The fourth-order valence-corrected chi connectivity index (χ4v) is 2.85. The average molecular weight is 328 g/mol. The Morgan fingerprint density at radius 2 is 2.32 bits per heavy atom. The first-order chi connectivity index (χ1) is 10.5. The number of piperazine rings is 1. The third-order valence-electron chi connectivity index (χ3n) is 3.51. The summed E-state index contributed by atoms with van der Waals surface area (Å²) in [6, 6.07) is 4.20. The summed E-state index contributed by atoms with van der Waals surface area (Å²) in [5.74, 6) is 0.296. The minimum atomic E-state index is -0.558. The van der Waals surface area contributed by atoms with Crippen LogP contribution in [0.4, 0.5) is 0 Å². The third-order valence-corrected chi connectivity index (χ3v) is 3.79. The predicted octanol–water partition coefficient (Wildman–Crippen LogP) is 1.01. The van der Waals surface area contributed by atoms with Gasteiger partial charge in [0.1, 0.15) is 0 Å². The van der Waals surface area contributed by atoms with Crippen molar-refractivity contribution in [3.05, 3.63) is 22.7 Å². The summed E-state index contributed by atoms with van der Waals surface area (Å²) in [5, 5.41) is 3.83. The molecule has 1 saturated heterocycles. The van der Waals surface area contributed by atoms with E-state index in [2.05, 4.69) is 17.1 Å². The maximum Gasteiger partial charge on any atom is 0.255 e. The maximum atomic E-state index is 10.8. The minimum Gasteiger partial charge on any atom is -0.493 e. The van der Waals surface area contributed by atoms with Crippen LogP contribution in [0, 0.1) is 0 Å². The first kappa shape index (κ1) is 16.9. The van der Waals surface area contributed by atoms with Crippen molar-refractivity contribution in [3.8, 4) is 11.5 Å². The van der Waals surface area contributed by atoms with Crippen molar-refractivity contribution in [1.29, 1.82) is 0 Å². The number of methoxy groups -OCH3 is 1. The Morgan fingerprint density at radius 1 is 1.55 bits per heavy atom. The van der Waals surface area contributed by atoms with Crippen molar-refractivity contribution in [1.82, 2.24) is 10.2 Å². The zero-order valence-electron chi connectivity index (χ0n) is 12.9. The van der Waals surface area contributed by atoms with E-state index in [9.17, 15) is 4.79 Å². The van der Waals surface area contributed by atoms with Gasteiger partial charge >= 0.3 is 0 Å². The fraction of sp³-hybridized carbons (Fsp3) is 0.533. The van der Waals surface area contributed by atoms with E-state index >= 15 is 0 Å². The first-order valence-electron chi connectivity index (χ1n) is 7.23. The number of halogens is 1. The number of hydrogen-bond donors (Lipinski definition) is 2. The molecule has 1 aromatic rings. The molecule has 0 aromatic heterocycles. The standard InChI is InChI=1S/C15H22ClN3O3/c1-10-7-19(4-3-18-10)8-11-5-12(16)15(13(6-11)21-2)22-9-14(17)20/h5-6,10,18H,3-4,7-9H2,1-2H3,(H2,17,20)/t10-/m1/s1. The van der Waals surface area contributed by atoms with Crippen LogP contribution >= 0.6 is 11.6 Å². The van der Waals surface area contributed by atoms with E-state index in [0.717, 1.165) is 31.7 Å². The number of nitrogens with two attached hydrogens (primary N) is 1. The lowest BCUT2D eigenvalue weighted by atomic mass is 10.1. The summed E-state index contributed by atoms with van der Waals surface area (Å²) < 4.78 is 10.6. The Morgan fingerprint density at radius 3 is 2.95 bits per heavy atom. The molecule has 122 valence electrons. The van der Waals surface area contributed by atoms with Gasteiger partial charge in [-0.3, -0.25) is 9.69 Å². The fourth-order valence-electron chi connectivity index (χ4n) is 2.56. The van der Waals surface area contributed by atoms with Gasteiger partial charge in [-0.2, -0.15) is 0 Å². The number of benzene rings is 1. The molecule has 1 aromatic carbocycles. The zero-order valence-corrected chi connectivity index (χ0v) is 13.7. The van der Waals surface area contributed by atoms with Gasteiger partial charge in [-0.25, -0.2) is 0 Å². The zero-order chi connectivity index (χ0) is 16.1. The molecule has 0 bridgehead atoms. The van der Waals surface area contributed by atoms with Crippen LogP contribution in [0.1, 0.15) is 12.5 Å². The van der Waals surface area contributed by atoms with Crippen LogP contribution in [-0.2, 0) is 11.3 Å². The van der Waals surface area contributed by atoms with Crippen LogP contribution in [-0.4, -0.2) is 50.2 Å². The number of nitrogens with zero attached hydrogens (tertiary/aromatic N) is 1. The van der Waals surface area contributed by atoms with Gasteiger partial charge in [0.2, 0.25) is 0 Å². The summed E-state index contributed by atoms with van der Waals surface area (Å²) in [4.78, 5) is 13.2. The Balaban J connectivity index is 2.12. The van der Waals surface area contributed by atoms with Gasteiger partial charge in [-0.05, 0) is 24.6 Å². The number of ether oxygens (including phenoxy) is 2. The number of carbonyl (C=O) groups excluding carboxylic acids is 1. The molecule has 3 N–H and O–H groups in total. The summed E-state index contributed by atoms with van der Waals surface area (Å²) in [5.41, 5.74) is 6.13. The second-order valence-electron chi connectivity index (χ2n) is 5.45. The number of primary amides is 1. The molecule has 0 saturated carbocycles. The number of rotatable bonds is 6. The molecule has 0 unspecified atom stereocenters. The molecule has 1 atom stereocenters. The molecule has 0 spiro atoms. The van der Waals surface area contributed by atoms with Crippen LogP contribution in [0.15, 0.2) is 12.1 Å². The quantitative estimate of drug-likeness (QED) is 0.815. The lowest BCUT2D eigenvalue weighted by molar-refractivity contribution is -0.119. The molecular formula is C15H22ClN3O3. The molecule has 2 rings (SSSR count). The summed E-state index contributed by atoms with van der Waals surface area (Å²) >= 11 is 6.26. The molecule has 1 heterocycles. The second kappa shape index (κ2) is 7.67. The average Bonchev–Trinajstić information content (AvgIpc) is 2.45. The minimum absolute atomic E-state index is 0.231. The maximum absolute atomic E-state index is 10.8. The SMILES string of the molecule is COc1cc(CN2CCN[C@H](C)C2)cc(Cl)c1OCC(N)=O. The molecule has 1 amide bonds. The number of carbonyl (C=O) groups is 1. The molecule has 0 aliphatic carbocycles. The molecule has 1 aliphatic rings. The lowest BCUT2D eigenvalue weighted by Gasteiger charge is -2.32. The molecule has 22 heavy (non-hydrogen) atoms. The monoisotopic (exact) mass is 327 g/mol. The molecule has 7 heteroatoms. The molecule has 0 radical (unpaired) electrons. The van der Waals surface area contributed by atoms with E-state index < -0.39 is 5.91 Å². The van der Waals surface area contributed by atoms with Crippen molar-refractivity contribution < 1.29 is 14.3 Å². The van der Waals surface area contributed by atoms with Crippen LogP contribution in [0.2, 0.25) is 5.02 Å². The van der Waals surface area contributed by atoms with Gasteiger partial charge in [0.05, 0.1) is 12.1 Å². The van der Waals surface area contributed by atoms with Gasteiger partial charge in [0.25, 0.3) is 5.91 Å². The van der Waals surface area contributed by atoms with Crippen molar-refractivity contribution in [2.24, 2.45) is 5.73 Å². The highest BCUT2D eigenvalue weighted by Crippen LogP contribution is 2.36. The van der Waals surface area contributed by atoms with Crippen molar-refractivity contribution >= 4 is 17.5 Å². The highest BCUT2D eigenvalue weighted by molar-refractivity contribution is 6.32. The van der Waals surface area contributed by atoms with Gasteiger partial charge in [0.15, 0.2) is 18.1 Å². The van der Waals surface area contributed by atoms with Crippen LogP contribution in [0.5, 0.6) is 11.5 Å². The Kier molecular flexibility index (Phi) is 5.88. The smallest absolute Gasteiger partial charge is 0.255 e. The van der Waals surface area contributed by atoms with Gasteiger partial charge in [-0.1, -0.05) is 11.6 Å². The summed E-state index contributed by atoms with van der Waals surface area (Å²) in [7, 11) is 1.54. The number of amides is 1. The number of nitrogens with one attached hydrogen (secondary N) is 1. The van der Waals surface area contributed by atoms with Crippen LogP contribution < -0.4 is 20.5 Å². The Bertz CT molecular complexity index is 539. The van der Waals surface area contributed by atoms with E-state index in [1.807, 2.05) is 12.1 Å². The first-order valence-corrected chi connectivity index (χ1v) is 7.60. The number of hydrogen-bond acceptors (Lipinski definition) is 5. The Labute approximate surface area is 135 Å². The Hall–Kier alpha value is -1.50. The topological polar surface area (TPSA) is 76.8 Å².